The van der Waals surface area contributed by atoms with E-state index in [1.165, 1.54) is 0 Å². The average Bonchev–Trinajstić information content (AvgIpc) is 2.21. The zero-order chi connectivity index (χ0) is 13.5. The van der Waals surface area contributed by atoms with Gasteiger partial charge >= 0.3 is 0 Å². The van der Waals surface area contributed by atoms with E-state index in [9.17, 15) is 4.79 Å². The van der Waals surface area contributed by atoms with Gasteiger partial charge in [-0.3, -0.25) is 4.79 Å². The summed E-state index contributed by atoms with van der Waals surface area (Å²) in [6, 6.07) is 0. The largest absolute Gasteiger partial charge is 0.383 e. The molecule has 0 aromatic rings. The van der Waals surface area contributed by atoms with Gasteiger partial charge < -0.3 is 21.1 Å². The summed E-state index contributed by atoms with van der Waals surface area (Å²) >= 11 is 0. The van der Waals surface area contributed by atoms with Crippen LogP contribution in [0.5, 0.6) is 0 Å². The standard InChI is InChI=1S/C12H27N3O2/c1-10(2)9-15(7-8-17-4)6-5-12(3,14)11(13)16/h10H,5-9,14H2,1-4H3,(H2,13,16). The Balaban J connectivity index is 4.19. The van der Waals surface area contributed by atoms with E-state index in [2.05, 4.69) is 18.7 Å². The van der Waals surface area contributed by atoms with Crippen LogP contribution in [0.1, 0.15) is 27.2 Å². The smallest absolute Gasteiger partial charge is 0.237 e. The van der Waals surface area contributed by atoms with Crippen molar-refractivity contribution in [3.63, 3.8) is 0 Å². The van der Waals surface area contributed by atoms with Crippen LogP contribution in [0.4, 0.5) is 0 Å². The normalized spacial score (nSPS) is 15.2. The first kappa shape index (κ1) is 16.4. The number of hydrogen-bond donors (Lipinski definition) is 2. The Morgan fingerprint density at radius 1 is 1.41 bits per heavy atom. The van der Waals surface area contributed by atoms with E-state index in [0.717, 1.165) is 19.6 Å². The second kappa shape index (κ2) is 7.63. The Morgan fingerprint density at radius 2 is 2.00 bits per heavy atom. The van der Waals surface area contributed by atoms with Crippen molar-refractivity contribution in [2.45, 2.75) is 32.7 Å². The molecule has 0 spiro atoms. The van der Waals surface area contributed by atoms with Crippen LogP contribution in [0.2, 0.25) is 0 Å². The highest BCUT2D eigenvalue weighted by molar-refractivity contribution is 5.83. The van der Waals surface area contributed by atoms with Gasteiger partial charge in [0.05, 0.1) is 12.1 Å². The molecular weight excluding hydrogens is 218 g/mol. The second-order valence-corrected chi connectivity index (χ2v) is 5.22. The van der Waals surface area contributed by atoms with E-state index in [1.54, 1.807) is 14.0 Å². The fourth-order valence-corrected chi connectivity index (χ4v) is 1.54. The number of carbonyl (C=O) groups is 1. The van der Waals surface area contributed by atoms with Crippen LogP contribution in [0.3, 0.4) is 0 Å². The molecule has 5 heteroatoms. The zero-order valence-corrected chi connectivity index (χ0v) is 11.5. The maximum absolute atomic E-state index is 11.1. The lowest BCUT2D eigenvalue weighted by Gasteiger charge is -2.28. The van der Waals surface area contributed by atoms with Gasteiger partial charge in [0.1, 0.15) is 0 Å². The van der Waals surface area contributed by atoms with Crippen LogP contribution in [-0.2, 0) is 9.53 Å². The van der Waals surface area contributed by atoms with Gasteiger partial charge in [-0.15, -0.1) is 0 Å². The molecule has 17 heavy (non-hydrogen) atoms. The molecule has 1 atom stereocenters. The highest BCUT2D eigenvalue weighted by Crippen LogP contribution is 2.08. The molecule has 0 fully saturated rings. The topological polar surface area (TPSA) is 81.6 Å². The highest BCUT2D eigenvalue weighted by atomic mass is 16.5. The molecule has 1 unspecified atom stereocenters. The van der Waals surface area contributed by atoms with Crippen molar-refractivity contribution in [1.29, 1.82) is 0 Å². The third kappa shape index (κ3) is 7.31. The van der Waals surface area contributed by atoms with Crippen molar-refractivity contribution in [3.05, 3.63) is 0 Å². The van der Waals surface area contributed by atoms with Crippen molar-refractivity contribution in [1.82, 2.24) is 4.90 Å². The predicted octanol–water partition coefficient (Wildman–Crippen LogP) is 0.184. The van der Waals surface area contributed by atoms with Crippen molar-refractivity contribution in [3.8, 4) is 0 Å². The highest BCUT2D eigenvalue weighted by Gasteiger charge is 2.26. The minimum atomic E-state index is -0.928. The Hall–Kier alpha value is -0.650. The molecule has 0 bridgehead atoms. The number of carbonyl (C=O) groups excluding carboxylic acids is 1. The molecule has 1 amide bonds. The summed E-state index contributed by atoms with van der Waals surface area (Å²) in [4.78, 5) is 13.4. The summed E-state index contributed by atoms with van der Waals surface area (Å²) in [7, 11) is 1.68. The number of nitrogens with two attached hydrogens (primary N) is 2. The molecule has 0 saturated heterocycles. The molecule has 5 nitrogen and oxygen atoms in total. The van der Waals surface area contributed by atoms with Crippen molar-refractivity contribution in [2.24, 2.45) is 17.4 Å². The fourth-order valence-electron chi connectivity index (χ4n) is 1.54. The van der Waals surface area contributed by atoms with E-state index in [4.69, 9.17) is 16.2 Å². The number of ether oxygens (including phenoxy) is 1. The van der Waals surface area contributed by atoms with Gasteiger partial charge in [-0.05, 0) is 19.3 Å². The average molecular weight is 245 g/mol. The lowest BCUT2D eigenvalue weighted by molar-refractivity contribution is -0.122. The summed E-state index contributed by atoms with van der Waals surface area (Å²) in [5.74, 6) is 0.123. The number of hydrogen-bond acceptors (Lipinski definition) is 4. The minimum absolute atomic E-state index is 0.450. The predicted molar refractivity (Wildman–Crippen MR) is 69.6 cm³/mol. The van der Waals surface area contributed by atoms with E-state index in [-0.39, 0.29) is 0 Å². The van der Waals surface area contributed by atoms with Crippen LogP contribution in [0.15, 0.2) is 0 Å². The number of methoxy groups -OCH3 is 1. The van der Waals surface area contributed by atoms with Gasteiger partial charge in [-0.1, -0.05) is 13.8 Å². The molecule has 0 aliphatic carbocycles. The molecule has 0 saturated carbocycles. The Labute approximate surface area is 104 Å². The monoisotopic (exact) mass is 245 g/mol. The van der Waals surface area contributed by atoms with Crippen LogP contribution in [0.25, 0.3) is 0 Å². The van der Waals surface area contributed by atoms with Crippen LogP contribution >= 0.6 is 0 Å². The molecule has 102 valence electrons. The van der Waals surface area contributed by atoms with Gasteiger partial charge in [-0.25, -0.2) is 0 Å². The third-order valence-corrected chi connectivity index (χ3v) is 2.75. The van der Waals surface area contributed by atoms with Gasteiger partial charge in [0.25, 0.3) is 0 Å². The molecule has 0 aromatic heterocycles. The Kier molecular flexibility index (Phi) is 7.34. The van der Waals surface area contributed by atoms with E-state index in [1.807, 2.05) is 0 Å². The first-order valence-corrected chi connectivity index (χ1v) is 6.09. The SMILES string of the molecule is COCCN(CCC(C)(N)C(N)=O)CC(C)C. The van der Waals surface area contributed by atoms with Gasteiger partial charge in [0, 0.05) is 26.7 Å². The van der Waals surface area contributed by atoms with Crippen molar-refractivity contribution < 1.29 is 9.53 Å². The lowest BCUT2D eigenvalue weighted by Crippen LogP contribution is -2.51. The summed E-state index contributed by atoms with van der Waals surface area (Å²) in [5.41, 5.74) is 10.2. The first-order chi connectivity index (χ1) is 7.79. The summed E-state index contributed by atoms with van der Waals surface area (Å²) in [6.45, 7) is 9.27. The Morgan fingerprint density at radius 3 is 2.41 bits per heavy atom. The van der Waals surface area contributed by atoms with E-state index in [0.29, 0.717) is 18.9 Å². The molecule has 0 radical (unpaired) electrons. The number of amides is 1. The molecule has 0 aliphatic rings. The zero-order valence-electron chi connectivity index (χ0n) is 11.5. The number of rotatable bonds is 9. The van der Waals surface area contributed by atoms with E-state index >= 15 is 0 Å². The van der Waals surface area contributed by atoms with Crippen molar-refractivity contribution in [2.75, 3.05) is 33.4 Å². The Bertz CT molecular complexity index is 230. The second-order valence-electron chi connectivity index (χ2n) is 5.22. The fraction of sp³-hybridized carbons (Fsp3) is 0.917. The molecule has 4 N–H and O–H groups in total. The van der Waals surface area contributed by atoms with Crippen LogP contribution in [0, 0.1) is 5.92 Å². The molecule has 0 aliphatic heterocycles. The summed E-state index contributed by atoms with van der Waals surface area (Å²) in [6.07, 6.45) is 0.568. The minimum Gasteiger partial charge on any atom is -0.383 e. The lowest BCUT2D eigenvalue weighted by atomic mass is 9.98. The van der Waals surface area contributed by atoms with E-state index < -0.39 is 11.4 Å². The molecule has 0 aromatic carbocycles. The van der Waals surface area contributed by atoms with Crippen molar-refractivity contribution >= 4 is 5.91 Å². The third-order valence-electron chi connectivity index (χ3n) is 2.75. The first-order valence-electron chi connectivity index (χ1n) is 6.09. The van der Waals surface area contributed by atoms with Crippen LogP contribution in [-0.4, -0.2) is 49.7 Å². The summed E-state index contributed by atoms with van der Waals surface area (Å²) < 4.78 is 5.07. The number of primary amides is 1. The molecule has 0 rings (SSSR count). The molecular formula is C12H27N3O2. The number of nitrogens with zero attached hydrogens (tertiary/aromatic N) is 1. The van der Waals surface area contributed by atoms with Crippen LogP contribution < -0.4 is 11.5 Å². The maximum Gasteiger partial charge on any atom is 0.237 e. The van der Waals surface area contributed by atoms with Gasteiger partial charge in [-0.2, -0.15) is 0 Å². The maximum atomic E-state index is 11.1. The van der Waals surface area contributed by atoms with Gasteiger partial charge in [0.2, 0.25) is 5.91 Å². The van der Waals surface area contributed by atoms with Gasteiger partial charge in [0.15, 0.2) is 0 Å². The summed E-state index contributed by atoms with van der Waals surface area (Å²) in [5, 5.41) is 0. The quantitative estimate of drug-likeness (QED) is 0.607. The molecule has 0 heterocycles.